The first-order valence-corrected chi connectivity index (χ1v) is 8.32. The molecule has 0 spiro atoms. The quantitative estimate of drug-likeness (QED) is 0.700. The Morgan fingerprint density at radius 3 is 2.79 bits per heavy atom. The predicted octanol–water partition coefficient (Wildman–Crippen LogP) is 4.00. The second-order valence-corrected chi connectivity index (χ2v) is 6.24. The van der Waals surface area contributed by atoms with Crippen LogP contribution >= 0.6 is 0 Å². The van der Waals surface area contributed by atoms with Crippen LogP contribution in [0.3, 0.4) is 0 Å². The molecular formula is C20H19FN2O. The molecule has 3 aromatic rings. The molecule has 1 aliphatic heterocycles. The Kier molecular flexibility index (Phi) is 3.60. The average molecular weight is 322 g/mol. The number of nitrogens with zero attached hydrogens (tertiary/aromatic N) is 2. The first-order chi connectivity index (χ1) is 11.7. The number of aryl methyl sites for hydroxylation is 1. The van der Waals surface area contributed by atoms with Crippen LogP contribution in [0.4, 0.5) is 4.39 Å². The summed E-state index contributed by atoms with van der Waals surface area (Å²) >= 11 is 0. The van der Waals surface area contributed by atoms with Gasteiger partial charge in [-0.1, -0.05) is 18.2 Å². The molecule has 0 saturated carbocycles. The summed E-state index contributed by atoms with van der Waals surface area (Å²) < 4.78 is 15.7. The van der Waals surface area contributed by atoms with Gasteiger partial charge in [0.2, 0.25) is 0 Å². The number of halogens is 1. The van der Waals surface area contributed by atoms with Gasteiger partial charge in [-0.15, -0.1) is 0 Å². The van der Waals surface area contributed by atoms with Crippen molar-refractivity contribution in [1.29, 1.82) is 0 Å². The lowest BCUT2D eigenvalue weighted by molar-refractivity contribution is 0.0747. The normalized spacial score (nSPS) is 14.0. The molecule has 24 heavy (non-hydrogen) atoms. The summed E-state index contributed by atoms with van der Waals surface area (Å²) in [5, 5.41) is 1.27. The first kappa shape index (κ1) is 14.9. The zero-order valence-corrected chi connectivity index (χ0v) is 13.6. The lowest BCUT2D eigenvalue weighted by Crippen LogP contribution is -2.31. The third-order valence-electron chi connectivity index (χ3n) is 4.78. The Morgan fingerprint density at radius 1 is 1.17 bits per heavy atom. The third-order valence-corrected chi connectivity index (χ3v) is 4.78. The van der Waals surface area contributed by atoms with Crippen molar-refractivity contribution in [2.45, 2.75) is 26.4 Å². The maximum absolute atomic E-state index is 13.4. The van der Waals surface area contributed by atoms with E-state index in [0.717, 1.165) is 18.5 Å². The molecule has 4 rings (SSSR count). The molecule has 0 N–H and O–H groups in total. The smallest absolute Gasteiger partial charge is 0.254 e. The molecule has 4 heteroatoms. The van der Waals surface area contributed by atoms with E-state index in [-0.39, 0.29) is 11.7 Å². The molecule has 1 amide bonds. The van der Waals surface area contributed by atoms with Gasteiger partial charge in [-0.05, 0) is 48.7 Å². The van der Waals surface area contributed by atoms with Crippen molar-refractivity contribution in [3.8, 4) is 0 Å². The predicted molar refractivity (Wildman–Crippen MR) is 92.5 cm³/mol. The van der Waals surface area contributed by atoms with E-state index in [1.165, 1.54) is 28.6 Å². The van der Waals surface area contributed by atoms with Crippen molar-refractivity contribution in [2.24, 2.45) is 0 Å². The number of carbonyl (C=O) groups excluding carboxylic acids is 1. The number of hydrogen-bond acceptors (Lipinski definition) is 1. The SMILES string of the molecule is CCn1cc2c3c(cccc31)CN(C(=O)c1cccc(F)c1)CC2. The van der Waals surface area contributed by atoms with Crippen molar-refractivity contribution < 1.29 is 9.18 Å². The molecule has 1 aromatic heterocycles. The molecular weight excluding hydrogens is 303 g/mol. The second-order valence-electron chi connectivity index (χ2n) is 6.24. The first-order valence-electron chi connectivity index (χ1n) is 8.32. The minimum Gasteiger partial charge on any atom is -0.347 e. The largest absolute Gasteiger partial charge is 0.347 e. The zero-order chi connectivity index (χ0) is 16.7. The van der Waals surface area contributed by atoms with Gasteiger partial charge >= 0.3 is 0 Å². The average Bonchev–Trinajstić information content (AvgIpc) is 2.85. The van der Waals surface area contributed by atoms with E-state index in [2.05, 4.69) is 29.8 Å². The van der Waals surface area contributed by atoms with Gasteiger partial charge in [-0.3, -0.25) is 4.79 Å². The van der Waals surface area contributed by atoms with Crippen LogP contribution in [0, 0.1) is 5.82 Å². The third kappa shape index (κ3) is 2.39. The lowest BCUT2D eigenvalue weighted by atomic mass is 10.1. The summed E-state index contributed by atoms with van der Waals surface area (Å²) in [4.78, 5) is 14.6. The highest BCUT2D eigenvalue weighted by atomic mass is 19.1. The topological polar surface area (TPSA) is 25.2 Å². The molecule has 0 radical (unpaired) electrons. The lowest BCUT2D eigenvalue weighted by Gasteiger charge is -2.21. The van der Waals surface area contributed by atoms with E-state index in [4.69, 9.17) is 0 Å². The molecule has 0 atom stereocenters. The zero-order valence-electron chi connectivity index (χ0n) is 13.6. The van der Waals surface area contributed by atoms with Crippen LogP contribution in [0.2, 0.25) is 0 Å². The standard InChI is InChI=1S/C20H19FN2O/c1-2-22-12-16-9-10-23(13-15-6-4-8-18(22)19(15)16)20(24)14-5-3-7-17(21)11-14/h3-8,11-12H,2,9-10,13H2,1H3. The molecule has 2 aromatic carbocycles. The summed E-state index contributed by atoms with van der Waals surface area (Å²) in [6.07, 6.45) is 3.02. The van der Waals surface area contributed by atoms with Crippen LogP contribution in [0.15, 0.2) is 48.7 Å². The van der Waals surface area contributed by atoms with Gasteiger partial charge < -0.3 is 9.47 Å². The van der Waals surface area contributed by atoms with Crippen LogP contribution in [0.5, 0.6) is 0 Å². The van der Waals surface area contributed by atoms with Crippen molar-refractivity contribution in [3.63, 3.8) is 0 Å². The van der Waals surface area contributed by atoms with E-state index in [1.807, 2.05) is 11.0 Å². The summed E-state index contributed by atoms with van der Waals surface area (Å²) in [5.74, 6) is -0.487. The Morgan fingerprint density at radius 2 is 2.00 bits per heavy atom. The Bertz CT molecular complexity index is 929. The van der Waals surface area contributed by atoms with Crippen LogP contribution in [0.1, 0.15) is 28.4 Å². The second kappa shape index (κ2) is 5.78. The van der Waals surface area contributed by atoms with Crippen LogP contribution in [0.25, 0.3) is 10.9 Å². The summed E-state index contributed by atoms with van der Waals surface area (Å²) in [6.45, 7) is 4.29. The van der Waals surface area contributed by atoms with Gasteiger partial charge in [-0.2, -0.15) is 0 Å². The van der Waals surface area contributed by atoms with Crippen molar-refractivity contribution in [3.05, 3.63) is 71.2 Å². The Labute approximate surface area is 140 Å². The van der Waals surface area contributed by atoms with Crippen molar-refractivity contribution >= 4 is 16.8 Å². The number of rotatable bonds is 2. The van der Waals surface area contributed by atoms with Crippen LogP contribution in [-0.2, 0) is 19.5 Å². The van der Waals surface area contributed by atoms with Gasteiger partial charge in [0.1, 0.15) is 5.82 Å². The molecule has 0 bridgehead atoms. The number of carbonyl (C=O) groups is 1. The number of hydrogen-bond donors (Lipinski definition) is 0. The van der Waals surface area contributed by atoms with Gasteiger partial charge in [0.05, 0.1) is 0 Å². The molecule has 122 valence electrons. The fourth-order valence-corrected chi connectivity index (χ4v) is 3.62. The Balaban J connectivity index is 1.72. The molecule has 3 nitrogen and oxygen atoms in total. The number of benzene rings is 2. The van der Waals surface area contributed by atoms with Gasteiger partial charge in [0, 0.05) is 42.3 Å². The van der Waals surface area contributed by atoms with Gasteiger partial charge in [0.15, 0.2) is 0 Å². The fourth-order valence-electron chi connectivity index (χ4n) is 3.62. The highest BCUT2D eigenvalue weighted by molar-refractivity contribution is 5.95. The van der Waals surface area contributed by atoms with E-state index < -0.39 is 0 Å². The highest BCUT2D eigenvalue weighted by Gasteiger charge is 2.23. The monoisotopic (exact) mass is 322 g/mol. The van der Waals surface area contributed by atoms with Crippen LogP contribution in [-0.4, -0.2) is 21.9 Å². The van der Waals surface area contributed by atoms with Gasteiger partial charge in [-0.25, -0.2) is 4.39 Å². The molecule has 0 fully saturated rings. The maximum atomic E-state index is 13.4. The highest BCUT2D eigenvalue weighted by Crippen LogP contribution is 2.30. The van der Waals surface area contributed by atoms with Crippen molar-refractivity contribution in [1.82, 2.24) is 9.47 Å². The van der Waals surface area contributed by atoms with E-state index in [1.54, 1.807) is 12.1 Å². The number of aromatic nitrogens is 1. The van der Waals surface area contributed by atoms with Crippen LogP contribution < -0.4 is 0 Å². The minimum atomic E-state index is -0.376. The van der Waals surface area contributed by atoms with E-state index in [9.17, 15) is 9.18 Å². The maximum Gasteiger partial charge on any atom is 0.254 e. The molecule has 0 saturated heterocycles. The van der Waals surface area contributed by atoms with E-state index >= 15 is 0 Å². The van der Waals surface area contributed by atoms with E-state index in [0.29, 0.717) is 18.7 Å². The summed E-state index contributed by atoms with van der Waals surface area (Å²) in [5.41, 5.74) is 4.09. The summed E-state index contributed by atoms with van der Waals surface area (Å²) in [6, 6.07) is 12.2. The molecule has 2 heterocycles. The molecule has 1 aliphatic rings. The molecule has 0 unspecified atom stereocenters. The fraction of sp³-hybridized carbons (Fsp3) is 0.250. The molecule has 0 aliphatic carbocycles. The summed E-state index contributed by atoms with van der Waals surface area (Å²) in [7, 11) is 0. The Hall–Kier alpha value is -2.62. The van der Waals surface area contributed by atoms with Crippen molar-refractivity contribution in [2.75, 3.05) is 6.54 Å². The van der Waals surface area contributed by atoms with Gasteiger partial charge in [0.25, 0.3) is 5.91 Å². The number of amides is 1. The minimum absolute atomic E-state index is 0.111.